The molecule has 15 heteroatoms. The quantitative estimate of drug-likeness (QED) is 0.240. The fraction of sp³-hybridized carbons (Fsp3) is 0.371. The molecular formula is C35H37B2N11O2. The molecule has 2 N–H and O–H groups in total. The Bertz CT molecular complexity index is 2150. The summed E-state index contributed by atoms with van der Waals surface area (Å²) in [6.45, 7) is 3.72. The maximum atomic E-state index is 12.8. The molecule has 250 valence electrons. The van der Waals surface area contributed by atoms with Crippen molar-refractivity contribution >= 4 is 56.2 Å². The first-order chi connectivity index (χ1) is 24.0. The topological polar surface area (TPSA) is 129 Å². The van der Waals surface area contributed by atoms with E-state index in [1.807, 2.05) is 42.3 Å². The smallest absolute Gasteiger partial charge is 0.271 e. The van der Waals surface area contributed by atoms with E-state index in [9.17, 15) is 9.59 Å². The van der Waals surface area contributed by atoms with Gasteiger partial charge in [0.25, 0.3) is 5.91 Å². The lowest BCUT2D eigenvalue weighted by Gasteiger charge is -2.50. The number of para-hydroxylation sites is 1. The molecule has 2 aliphatic heterocycles. The number of aryl methyl sites for hydroxylation is 1. The van der Waals surface area contributed by atoms with Gasteiger partial charge in [-0.2, -0.15) is 14.7 Å². The van der Waals surface area contributed by atoms with Crippen LogP contribution in [0.2, 0.25) is 0 Å². The van der Waals surface area contributed by atoms with Crippen LogP contribution in [0.4, 0.5) is 23.0 Å². The van der Waals surface area contributed by atoms with Crippen molar-refractivity contribution in [2.24, 2.45) is 5.92 Å². The molecule has 2 fully saturated rings. The van der Waals surface area contributed by atoms with Crippen molar-refractivity contribution in [3.63, 3.8) is 0 Å². The van der Waals surface area contributed by atoms with Crippen molar-refractivity contribution in [1.82, 2.24) is 39.2 Å². The lowest BCUT2D eigenvalue weighted by Crippen LogP contribution is -2.60. The summed E-state index contributed by atoms with van der Waals surface area (Å²) < 4.78 is 3.85. The van der Waals surface area contributed by atoms with Gasteiger partial charge in [0.05, 0.1) is 57.2 Å². The zero-order valence-electron chi connectivity index (χ0n) is 28.6. The van der Waals surface area contributed by atoms with E-state index in [1.165, 1.54) is 4.90 Å². The minimum absolute atomic E-state index is 0.0113. The van der Waals surface area contributed by atoms with Crippen LogP contribution in [-0.4, -0.2) is 101 Å². The number of anilines is 4. The zero-order valence-corrected chi connectivity index (χ0v) is 28.6. The highest BCUT2D eigenvalue weighted by Gasteiger charge is 2.41. The molecule has 0 spiro atoms. The van der Waals surface area contributed by atoms with Crippen LogP contribution in [0, 0.1) is 12.8 Å². The van der Waals surface area contributed by atoms with Crippen molar-refractivity contribution in [1.29, 1.82) is 0 Å². The zero-order chi connectivity index (χ0) is 34.9. The Morgan fingerprint density at radius 2 is 1.80 bits per heavy atom. The molecule has 0 atom stereocenters. The molecule has 3 aliphatic rings. The molecular weight excluding hydrogens is 628 g/mol. The number of carbonyl (C=O) groups excluding carboxylic acids is 2. The molecule has 0 bridgehead atoms. The summed E-state index contributed by atoms with van der Waals surface area (Å²) in [7, 11) is 18.7. The van der Waals surface area contributed by atoms with Gasteiger partial charge in [-0.05, 0) is 43.3 Å². The van der Waals surface area contributed by atoms with Crippen molar-refractivity contribution in [2.75, 3.05) is 49.8 Å². The Morgan fingerprint density at radius 1 is 1.02 bits per heavy atom. The molecule has 1 saturated carbocycles. The van der Waals surface area contributed by atoms with Gasteiger partial charge in [0.2, 0.25) is 5.91 Å². The minimum atomic E-state index is -1.35. The molecule has 1 saturated heterocycles. The average Bonchev–Trinajstić information content (AvgIpc) is 3.62. The minimum Gasteiger partial charge on any atom is -0.366 e. The summed E-state index contributed by atoms with van der Waals surface area (Å²) in [6.07, 6.45) is 4.84. The van der Waals surface area contributed by atoms with Crippen LogP contribution in [0.1, 0.15) is 52.9 Å². The lowest BCUT2D eigenvalue weighted by atomic mass is 9.57. The van der Waals surface area contributed by atoms with Crippen molar-refractivity contribution in [3.05, 3.63) is 77.5 Å². The first-order valence-electron chi connectivity index (χ1n) is 16.9. The van der Waals surface area contributed by atoms with Crippen LogP contribution in [-0.2, 0) is 16.7 Å². The molecule has 5 aromatic rings. The molecule has 6 heterocycles. The first kappa shape index (κ1) is 32.1. The maximum absolute atomic E-state index is 12.8. The summed E-state index contributed by atoms with van der Waals surface area (Å²) in [5.74, 6) is 1.04. The van der Waals surface area contributed by atoms with Crippen molar-refractivity contribution in [2.45, 2.75) is 44.1 Å². The summed E-state index contributed by atoms with van der Waals surface area (Å²) >= 11 is 0. The third-order valence-electron chi connectivity index (χ3n) is 10.0. The number of benzene rings is 1. The van der Waals surface area contributed by atoms with Gasteiger partial charge in [-0.15, -0.1) is 0 Å². The van der Waals surface area contributed by atoms with Crippen LogP contribution < -0.4 is 15.5 Å². The Morgan fingerprint density at radius 3 is 2.54 bits per heavy atom. The molecule has 1 aromatic carbocycles. The van der Waals surface area contributed by atoms with E-state index < -0.39 is 5.34 Å². The van der Waals surface area contributed by atoms with Crippen molar-refractivity contribution in [3.8, 4) is 11.1 Å². The Balaban J connectivity index is 1.04. The highest BCUT2D eigenvalue weighted by atomic mass is 16.2. The molecule has 13 nitrogen and oxygen atoms in total. The summed E-state index contributed by atoms with van der Waals surface area (Å²) in [4.78, 5) is 40.1. The summed E-state index contributed by atoms with van der Waals surface area (Å²) in [5, 5.41) is 14.8. The predicted octanol–water partition coefficient (Wildman–Crippen LogP) is 3.43. The van der Waals surface area contributed by atoms with E-state index in [1.54, 1.807) is 36.8 Å². The fourth-order valence-corrected chi connectivity index (χ4v) is 7.02. The lowest BCUT2D eigenvalue weighted by molar-refractivity contribution is -0.122. The van der Waals surface area contributed by atoms with E-state index in [0.29, 0.717) is 48.3 Å². The molecule has 50 heavy (non-hydrogen) atoms. The second kappa shape index (κ2) is 12.0. The van der Waals surface area contributed by atoms with Gasteiger partial charge in [0, 0.05) is 69.1 Å². The third kappa shape index (κ3) is 5.40. The number of carbonyl (C=O) groups is 2. The Labute approximate surface area is 292 Å². The fourth-order valence-electron chi connectivity index (χ4n) is 7.02. The normalized spacial score (nSPS) is 16.4. The number of aromatic nitrogens is 6. The third-order valence-corrected chi connectivity index (χ3v) is 10.0. The number of nitrogens with one attached hydrogen (secondary N) is 2. The number of hydrogen-bond donors (Lipinski definition) is 2. The van der Waals surface area contributed by atoms with Gasteiger partial charge in [-0.1, -0.05) is 24.6 Å². The first-order valence-corrected chi connectivity index (χ1v) is 16.9. The van der Waals surface area contributed by atoms with Gasteiger partial charge < -0.3 is 25.3 Å². The van der Waals surface area contributed by atoms with Gasteiger partial charge in [0.15, 0.2) is 5.65 Å². The highest BCUT2D eigenvalue weighted by Crippen LogP contribution is 2.45. The van der Waals surface area contributed by atoms with Crippen LogP contribution in [0.3, 0.4) is 0 Å². The molecule has 0 unspecified atom stereocenters. The number of likely N-dealkylation sites (tertiary alicyclic amines) is 1. The van der Waals surface area contributed by atoms with E-state index in [2.05, 4.69) is 48.4 Å². The van der Waals surface area contributed by atoms with Gasteiger partial charge in [0.1, 0.15) is 17.3 Å². The van der Waals surface area contributed by atoms with Gasteiger partial charge in [-0.3, -0.25) is 14.3 Å². The van der Waals surface area contributed by atoms with Crippen molar-refractivity contribution < 1.29 is 9.59 Å². The number of hydrogen-bond acceptors (Lipinski definition) is 9. The number of amides is 2. The number of nitrogens with zero attached hydrogens (tertiary/aromatic N) is 9. The Kier molecular flexibility index (Phi) is 7.70. The molecule has 8 rings (SSSR count). The molecule has 2 amide bonds. The van der Waals surface area contributed by atoms with Gasteiger partial charge >= 0.3 is 0 Å². The van der Waals surface area contributed by atoms with E-state index in [4.69, 9.17) is 20.8 Å². The molecule has 1 aliphatic carbocycles. The number of fused-ring (bicyclic) bond motifs is 4. The predicted molar refractivity (Wildman–Crippen MR) is 193 cm³/mol. The van der Waals surface area contributed by atoms with Gasteiger partial charge in [-0.25, -0.2) is 9.97 Å². The number of rotatable bonds is 8. The van der Waals surface area contributed by atoms with Crippen LogP contribution >= 0.6 is 0 Å². The number of pyridine rings is 1. The largest absolute Gasteiger partial charge is 0.366 e. The monoisotopic (exact) mass is 665 g/mol. The van der Waals surface area contributed by atoms with Crippen LogP contribution in [0.25, 0.3) is 16.8 Å². The van der Waals surface area contributed by atoms with E-state index in [0.717, 1.165) is 53.2 Å². The average molecular weight is 665 g/mol. The second-order valence-corrected chi connectivity index (χ2v) is 13.8. The SMILES string of the molecule is [B]C([B])(c1cccc(C(=O)N(C)C)n1)N1CC(n2ncc3c2CN(C)c2c(Nc4cc(NC(=O)C5CCC5)nc5cc(C)nn45)cccc2-3)C1. The standard InChI is InChI=1S/C35H37B2N11O2/c1-20-14-30-41-29(42-33(49)21-8-5-9-21)15-31(48(30)43-20)40-25-11-6-10-23-24-16-38-47(27(24)19-45(4)32(23)25)22-17-46(18-22)35(36,37)28-13-7-12-26(39-28)34(50)44(2)3/h6-7,10-16,21-22,40H,5,8-9,17-19H2,1-4H3,(H,41,42,49). The van der Waals surface area contributed by atoms with E-state index in [-0.39, 0.29) is 23.8 Å². The summed E-state index contributed by atoms with van der Waals surface area (Å²) in [5.41, 5.74) is 7.36. The Hall–Kier alpha value is -5.17. The second-order valence-electron chi connectivity index (χ2n) is 13.8. The van der Waals surface area contributed by atoms with Crippen LogP contribution in [0.5, 0.6) is 0 Å². The summed E-state index contributed by atoms with van der Waals surface area (Å²) in [6, 6.07) is 15.2. The maximum Gasteiger partial charge on any atom is 0.271 e. The highest BCUT2D eigenvalue weighted by molar-refractivity contribution is 6.39. The van der Waals surface area contributed by atoms with E-state index >= 15 is 0 Å². The molecule has 4 aromatic heterocycles. The molecule has 4 radical (unpaired) electrons. The van der Waals surface area contributed by atoms with Crippen LogP contribution in [0.15, 0.2) is 54.7 Å².